The van der Waals surface area contributed by atoms with Crippen molar-refractivity contribution in [2.45, 2.75) is 18.4 Å². The van der Waals surface area contributed by atoms with Crippen LogP contribution in [0, 0.1) is 12.7 Å². The highest BCUT2D eigenvalue weighted by Gasteiger charge is 2.18. The summed E-state index contributed by atoms with van der Waals surface area (Å²) >= 11 is 4.58. The van der Waals surface area contributed by atoms with Crippen LogP contribution in [0.25, 0.3) is 0 Å². The first-order valence-electron chi connectivity index (χ1n) is 5.36. The fourth-order valence-electron chi connectivity index (χ4n) is 1.51. The van der Waals surface area contributed by atoms with Crippen LogP contribution in [0.1, 0.15) is 11.1 Å². The minimum absolute atomic E-state index is 0.0294. The molecule has 0 bridgehead atoms. The molecular formula is C12H11BrFNO2S2. The van der Waals surface area contributed by atoms with E-state index in [0.717, 1.165) is 23.3 Å². The topological polar surface area (TPSA) is 46.2 Å². The monoisotopic (exact) mass is 363 g/mol. The Hall–Kier alpha value is -0.760. The van der Waals surface area contributed by atoms with E-state index in [2.05, 4.69) is 20.7 Å². The van der Waals surface area contributed by atoms with Gasteiger partial charge in [-0.15, -0.1) is 0 Å². The minimum Gasteiger partial charge on any atom is -0.207 e. The molecule has 0 aliphatic rings. The van der Waals surface area contributed by atoms with Gasteiger partial charge in [-0.2, -0.15) is 11.3 Å². The lowest BCUT2D eigenvalue weighted by molar-refractivity contribution is 0.579. The van der Waals surface area contributed by atoms with E-state index >= 15 is 0 Å². The number of aryl methyl sites for hydroxylation is 1. The van der Waals surface area contributed by atoms with Crippen LogP contribution in [-0.2, 0) is 16.6 Å². The van der Waals surface area contributed by atoms with Crippen molar-refractivity contribution >= 4 is 37.3 Å². The minimum atomic E-state index is -3.66. The van der Waals surface area contributed by atoms with Gasteiger partial charge in [0.05, 0.1) is 4.90 Å². The molecule has 1 aromatic carbocycles. The van der Waals surface area contributed by atoms with E-state index in [-0.39, 0.29) is 15.9 Å². The standard InChI is InChI=1S/C12H11BrFNO2S2/c1-8-6-18-7-9(8)5-15-19(16,17)12-3-2-10(14)4-11(12)13/h2-4,6-7,15H,5H2,1H3. The number of halogens is 2. The third-order valence-corrected chi connectivity index (χ3v) is 5.89. The molecule has 0 aliphatic heterocycles. The van der Waals surface area contributed by atoms with Crippen LogP contribution in [0.15, 0.2) is 38.3 Å². The molecule has 0 atom stereocenters. The summed E-state index contributed by atoms with van der Waals surface area (Å²) in [6.45, 7) is 2.15. The third kappa shape index (κ3) is 3.42. The van der Waals surface area contributed by atoms with Crippen LogP contribution < -0.4 is 4.72 Å². The van der Waals surface area contributed by atoms with Gasteiger partial charge in [-0.05, 0) is 62.9 Å². The van der Waals surface area contributed by atoms with Crippen molar-refractivity contribution in [3.05, 3.63) is 50.4 Å². The predicted molar refractivity (Wildman–Crippen MR) is 77.2 cm³/mol. The maximum absolute atomic E-state index is 13.0. The Labute approximate surface area is 123 Å². The zero-order valence-electron chi connectivity index (χ0n) is 9.98. The van der Waals surface area contributed by atoms with Crippen LogP contribution >= 0.6 is 27.3 Å². The quantitative estimate of drug-likeness (QED) is 0.904. The zero-order valence-corrected chi connectivity index (χ0v) is 13.2. The number of hydrogen-bond acceptors (Lipinski definition) is 3. The first-order chi connectivity index (χ1) is 8.90. The van der Waals surface area contributed by atoms with Gasteiger partial charge in [0.2, 0.25) is 10.0 Å². The first-order valence-corrected chi connectivity index (χ1v) is 8.58. The van der Waals surface area contributed by atoms with E-state index in [1.807, 2.05) is 17.7 Å². The van der Waals surface area contributed by atoms with Gasteiger partial charge < -0.3 is 0 Å². The SMILES string of the molecule is Cc1cscc1CNS(=O)(=O)c1ccc(F)cc1Br. The van der Waals surface area contributed by atoms with E-state index in [1.165, 1.54) is 17.4 Å². The Morgan fingerprint density at radius 2 is 2.11 bits per heavy atom. The molecule has 0 fully saturated rings. The second-order valence-electron chi connectivity index (χ2n) is 3.98. The average molecular weight is 364 g/mol. The molecule has 2 rings (SSSR count). The molecule has 1 N–H and O–H groups in total. The van der Waals surface area contributed by atoms with Gasteiger partial charge in [0, 0.05) is 11.0 Å². The van der Waals surface area contributed by atoms with Crippen LogP contribution in [0.4, 0.5) is 4.39 Å². The van der Waals surface area contributed by atoms with E-state index < -0.39 is 15.8 Å². The van der Waals surface area contributed by atoms with Gasteiger partial charge in [-0.25, -0.2) is 17.5 Å². The molecule has 0 amide bonds. The molecule has 0 spiro atoms. The van der Waals surface area contributed by atoms with Crippen molar-refractivity contribution in [3.8, 4) is 0 Å². The Balaban J connectivity index is 2.21. The van der Waals surface area contributed by atoms with Gasteiger partial charge in [0.25, 0.3) is 0 Å². The van der Waals surface area contributed by atoms with Crippen LogP contribution in [0.3, 0.4) is 0 Å². The Bertz CT molecular complexity index is 698. The lowest BCUT2D eigenvalue weighted by Crippen LogP contribution is -2.23. The first kappa shape index (κ1) is 14.6. The highest BCUT2D eigenvalue weighted by atomic mass is 79.9. The van der Waals surface area contributed by atoms with Crippen LogP contribution in [-0.4, -0.2) is 8.42 Å². The summed E-state index contributed by atoms with van der Waals surface area (Å²) in [7, 11) is -3.66. The fraction of sp³-hybridized carbons (Fsp3) is 0.167. The molecule has 102 valence electrons. The summed E-state index contributed by atoms with van der Waals surface area (Å²) in [6, 6.07) is 3.49. The molecule has 0 saturated carbocycles. The van der Waals surface area contributed by atoms with E-state index in [9.17, 15) is 12.8 Å². The van der Waals surface area contributed by atoms with Crippen molar-refractivity contribution in [3.63, 3.8) is 0 Å². The Morgan fingerprint density at radius 1 is 1.37 bits per heavy atom. The molecule has 1 heterocycles. The largest absolute Gasteiger partial charge is 0.241 e. The molecule has 0 aliphatic carbocycles. The zero-order chi connectivity index (χ0) is 14.0. The Kier molecular flexibility index (Phi) is 4.39. The number of hydrogen-bond donors (Lipinski definition) is 1. The van der Waals surface area contributed by atoms with E-state index in [1.54, 1.807) is 0 Å². The molecule has 1 aromatic heterocycles. The van der Waals surface area contributed by atoms with E-state index in [0.29, 0.717) is 0 Å². The second kappa shape index (κ2) is 5.70. The van der Waals surface area contributed by atoms with Crippen molar-refractivity contribution in [2.75, 3.05) is 0 Å². The molecular weight excluding hydrogens is 353 g/mol. The lowest BCUT2D eigenvalue weighted by Gasteiger charge is -2.08. The number of thiophene rings is 1. The fourth-order valence-corrected chi connectivity index (χ4v) is 4.42. The number of benzene rings is 1. The lowest BCUT2D eigenvalue weighted by atomic mass is 10.2. The summed E-state index contributed by atoms with van der Waals surface area (Å²) in [5.41, 5.74) is 1.98. The molecule has 3 nitrogen and oxygen atoms in total. The van der Waals surface area contributed by atoms with E-state index in [4.69, 9.17) is 0 Å². The maximum atomic E-state index is 13.0. The van der Waals surface area contributed by atoms with Gasteiger partial charge in [0.1, 0.15) is 5.82 Å². The van der Waals surface area contributed by atoms with Gasteiger partial charge in [-0.1, -0.05) is 0 Å². The van der Waals surface area contributed by atoms with Crippen LogP contribution in [0.2, 0.25) is 0 Å². The summed E-state index contributed by atoms with van der Waals surface area (Å²) in [5, 5.41) is 3.86. The normalized spacial score (nSPS) is 11.7. The summed E-state index contributed by atoms with van der Waals surface area (Å²) < 4.78 is 39.9. The molecule has 2 aromatic rings. The average Bonchev–Trinajstić information content (AvgIpc) is 2.72. The molecule has 0 unspecified atom stereocenters. The predicted octanol–water partition coefficient (Wildman–Crippen LogP) is 3.44. The van der Waals surface area contributed by atoms with Crippen molar-refractivity contribution in [2.24, 2.45) is 0 Å². The molecule has 0 radical (unpaired) electrons. The highest BCUT2D eigenvalue weighted by Crippen LogP contribution is 2.23. The number of rotatable bonds is 4. The Morgan fingerprint density at radius 3 is 2.68 bits per heavy atom. The van der Waals surface area contributed by atoms with Gasteiger partial charge in [0.15, 0.2) is 0 Å². The van der Waals surface area contributed by atoms with Gasteiger partial charge in [-0.3, -0.25) is 0 Å². The summed E-state index contributed by atoms with van der Waals surface area (Å²) in [4.78, 5) is 0.0294. The van der Waals surface area contributed by atoms with Crippen molar-refractivity contribution < 1.29 is 12.8 Å². The number of sulfonamides is 1. The molecule has 0 saturated heterocycles. The number of nitrogens with one attached hydrogen (secondary N) is 1. The molecule has 7 heteroatoms. The second-order valence-corrected chi connectivity index (χ2v) is 7.31. The summed E-state index contributed by atoms with van der Waals surface area (Å²) in [6.07, 6.45) is 0. The smallest absolute Gasteiger partial charge is 0.207 e. The van der Waals surface area contributed by atoms with Crippen molar-refractivity contribution in [1.29, 1.82) is 0 Å². The van der Waals surface area contributed by atoms with Gasteiger partial charge >= 0.3 is 0 Å². The van der Waals surface area contributed by atoms with Crippen molar-refractivity contribution in [1.82, 2.24) is 4.72 Å². The maximum Gasteiger partial charge on any atom is 0.241 e. The summed E-state index contributed by atoms with van der Waals surface area (Å²) in [5.74, 6) is -0.487. The molecule has 19 heavy (non-hydrogen) atoms. The third-order valence-electron chi connectivity index (χ3n) is 2.60. The van der Waals surface area contributed by atoms with Crippen LogP contribution in [0.5, 0.6) is 0 Å². The highest BCUT2D eigenvalue weighted by molar-refractivity contribution is 9.10.